The molecule has 0 aliphatic heterocycles. The van der Waals surface area contributed by atoms with Gasteiger partial charge in [0.15, 0.2) is 0 Å². The summed E-state index contributed by atoms with van der Waals surface area (Å²) < 4.78 is 0. The molecule has 0 radical (unpaired) electrons. The fraction of sp³-hybridized carbons (Fsp3) is 0.333. The first-order chi connectivity index (χ1) is 10.1. The van der Waals surface area contributed by atoms with Crippen molar-refractivity contribution < 1.29 is 15.0 Å². The van der Waals surface area contributed by atoms with Crippen LogP contribution in [0.3, 0.4) is 0 Å². The Morgan fingerprint density at radius 2 is 2.00 bits per heavy atom. The van der Waals surface area contributed by atoms with Crippen molar-refractivity contribution in [1.82, 2.24) is 9.88 Å². The summed E-state index contributed by atoms with van der Waals surface area (Å²) in [6, 6.07) is 9.36. The van der Waals surface area contributed by atoms with Crippen molar-refractivity contribution >= 4 is 17.3 Å². The molecule has 5 nitrogen and oxygen atoms in total. The molecule has 1 heterocycles. The number of likely N-dealkylation sites (N-methyl/N-ethyl adjacent to an activating group) is 1. The molecule has 0 bridgehead atoms. The van der Waals surface area contributed by atoms with Crippen molar-refractivity contribution in [1.29, 1.82) is 0 Å². The standard InChI is InChI=1S/C15H18N2O3S/c1-17(9-10-18)8-7-12-16-13(14(21-12)15(19)20)11-5-3-2-4-6-11/h2-6,18H,7-10H2,1H3,(H,19,20). The summed E-state index contributed by atoms with van der Waals surface area (Å²) in [6.07, 6.45) is 0.675. The number of rotatable bonds is 7. The van der Waals surface area contributed by atoms with E-state index < -0.39 is 5.97 Å². The number of thiazole rings is 1. The number of carboxylic acid groups (broad SMARTS) is 1. The number of aliphatic hydroxyl groups excluding tert-OH is 1. The molecule has 0 saturated carbocycles. The van der Waals surface area contributed by atoms with Crippen LogP contribution in [0.5, 0.6) is 0 Å². The van der Waals surface area contributed by atoms with Gasteiger partial charge in [0.25, 0.3) is 0 Å². The Balaban J connectivity index is 2.20. The van der Waals surface area contributed by atoms with Crippen LogP contribution in [-0.2, 0) is 6.42 Å². The minimum absolute atomic E-state index is 0.115. The van der Waals surface area contributed by atoms with Crippen LogP contribution >= 0.6 is 11.3 Å². The number of aliphatic hydroxyl groups is 1. The SMILES string of the molecule is CN(CCO)CCc1nc(-c2ccccc2)c(C(=O)O)s1. The molecular weight excluding hydrogens is 288 g/mol. The number of nitrogens with zero attached hydrogens (tertiary/aromatic N) is 2. The monoisotopic (exact) mass is 306 g/mol. The van der Waals surface area contributed by atoms with E-state index in [0.29, 0.717) is 18.7 Å². The Morgan fingerprint density at radius 1 is 1.29 bits per heavy atom. The summed E-state index contributed by atoms with van der Waals surface area (Å²) in [4.78, 5) is 18.1. The first-order valence-electron chi connectivity index (χ1n) is 6.69. The van der Waals surface area contributed by atoms with Crippen LogP contribution in [0.25, 0.3) is 11.3 Å². The highest BCUT2D eigenvalue weighted by molar-refractivity contribution is 7.14. The molecule has 21 heavy (non-hydrogen) atoms. The quantitative estimate of drug-likeness (QED) is 0.818. The maximum atomic E-state index is 11.4. The van der Waals surface area contributed by atoms with Crippen LogP contribution in [0.1, 0.15) is 14.7 Å². The second-order valence-corrected chi connectivity index (χ2v) is 5.82. The van der Waals surface area contributed by atoms with Crippen molar-refractivity contribution in [2.45, 2.75) is 6.42 Å². The molecule has 0 aliphatic rings. The van der Waals surface area contributed by atoms with Gasteiger partial charge in [0.2, 0.25) is 0 Å². The number of carbonyl (C=O) groups is 1. The molecule has 0 spiro atoms. The highest BCUT2D eigenvalue weighted by Crippen LogP contribution is 2.28. The van der Waals surface area contributed by atoms with Gasteiger partial charge < -0.3 is 15.1 Å². The molecule has 0 fully saturated rings. The van der Waals surface area contributed by atoms with E-state index in [-0.39, 0.29) is 11.5 Å². The van der Waals surface area contributed by atoms with E-state index in [9.17, 15) is 9.90 Å². The van der Waals surface area contributed by atoms with Crippen LogP contribution in [0.2, 0.25) is 0 Å². The Hall–Kier alpha value is -1.76. The normalized spacial score (nSPS) is 11.0. The van der Waals surface area contributed by atoms with Crippen LogP contribution in [0.15, 0.2) is 30.3 Å². The van der Waals surface area contributed by atoms with Gasteiger partial charge in [0, 0.05) is 25.1 Å². The van der Waals surface area contributed by atoms with Gasteiger partial charge >= 0.3 is 5.97 Å². The molecule has 0 unspecified atom stereocenters. The van der Waals surface area contributed by atoms with E-state index >= 15 is 0 Å². The molecule has 2 rings (SSSR count). The Bertz CT molecular complexity index is 598. The minimum atomic E-state index is -0.943. The lowest BCUT2D eigenvalue weighted by Gasteiger charge is -2.13. The fourth-order valence-electron chi connectivity index (χ4n) is 1.98. The Morgan fingerprint density at radius 3 is 2.62 bits per heavy atom. The van der Waals surface area contributed by atoms with Gasteiger partial charge in [-0.3, -0.25) is 0 Å². The topological polar surface area (TPSA) is 73.7 Å². The Kier molecular flexibility index (Phi) is 5.44. The number of carboxylic acids is 1. The predicted molar refractivity (Wildman–Crippen MR) is 82.8 cm³/mol. The fourth-order valence-corrected chi connectivity index (χ4v) is 2.89. The maximum absolute atomic E-state index is 11.4. The Labute approximate surface area is 127 Å². The van der Waals surface area contributed by atoms with Crippen molar-refractivity contribution in [3.8, 4) is 11.3 Å². The number of hydrogen-bond donors (Lipinski definition) is 2. The third-order valence-electron chi connectivity index (χ3n) is 3.10. The zero-order valence-corrected chi connectivity index (χ0v) is 12.6. The zero-order valence-electron chi connectivity index (χ0n) is 11.8. The average Bonchev–Trinajstić information content (AvgIpc) is 2.91. The molecule has 2 aromatic rings. The lowest BCUT2D eigenvalue weighted by molar-refractivity contribution is 0.0702. The third-order valence-corrected chi connectivity index (χ3v) is 4.21. The average molecular weight is 306 g/mol. The van der Waals surface area contributed by atoms with Gasteiger partial charge in [-0.2, -0.15) is 0 Å². The first kappa shape index (κ1) is 15.6. The van der Waals surface area contributed by atoms with Gasteiger partial charge in [-0.15, -0.1) is 11.3 Å². The molecule has 6 heteroatoms. The van der Waals surface area contributed by atoms with Crippen LogP contribution in [0, 0.1) is 0 Å². The molecule has 0 aliphatic carbocycles. The van der Waals surface area contributed by atoms with Crippen LogP contribution in [0.4, 0.5) is 0 Å². The number of aromatic nitrogens is 1. The first-order valence-corrected chi connectivity index (χ1v) is 7.51. The van der Waals surface area contributed by atoms with E-state index in [2.05, 4.69) is 4.98 Å². The second kappa shape index (κ2) is 7.31. The van der Waals surface area contributed by atoms with E-state index in [1.54, 1.807) is 0 Å². The lowest BCUT2D eigenvalue weighted by Crippen LogP contribution is -2.24. The largest absolute Gasteiger partial charge is 0.477 e. The summed E-state index contributed by atoms with van der Waals surface area (Å²) in [5, 5.41) is 19.0. The minimum Gasteiger partial charge on any atom is -0.477 e. The highest BCUT2D eigenvalue weighted by atomic mass is 32.1. The third kappa shape index (κ3) is 4.10. The van der Waals surface area contributed by atoms with E-state index in [4.69, 9.17) is 5.11 Å². The van der Waals surface area contributed by atoms with Crippen molar-refractivity contribution in [2.24, 2.45) is 0 Å². The summed E-state index contributed by atoms with van der Waals surface area (Å²) >= 11 is 1.22. The molecule has 1 aromatic heterocycles. The van der Waals surface area contributed by atoms with Crippen molar-refractivity contribution in [2.75, 3.05) is 26.7 Å². The molecule has 0 saturated heterocycles. The second-order valence-electron chi connectivity index (χ2n) is 4.73. The summed E-state index contributed by atoms with van der Waals surface area (Å²) in [6.45, 7) is 1.45. The summed E-state index contributed by atoms with van der Waals surface area (Å²) in [7, 11) is 1.92. The van der Waals surface area contributed by atoms with Gasteiger partial charge in [0.1, 0.15) is 4.88 Å². The smallest absolute Gasteiger partial charge is 0.348 e. The van der Waals surface area contributed by atoms with E-state index in [0.717, 1.165) is 17.1 Å². The molecule has 0 amide bonds. The van der Waals surface area contributed by atoms with E-state index in [1.165, 1.54) is 11.3 Å². The van der Waals surface area contributed by atoms with Crippen molar-refractivity contribution in [3.63, 3.8) is 0 Å². The number of benzene rings is 1. The number of hydrogen-bond acceptors (Lipinski definition) is 5. The lowest BCUT2D eigenvalue weighted by atomic mass is 10.1. The molecule has 0 atom stereocenters. The van der Waals surface area contributed by atoms with Gasteiger partial charge in [-0.25, -0.2) is 9.78 Å². The van der Waals surface area contributed by atoms with Gasteiger partial charge in [0.05, 0.1) is 17.3 Å². The number of aromatic carboxylic acids is 1. The summed E-state index contributed by atoms with van der Waals surface area (Å²) in [5.41, 5.74) is 1.36. The summed E-state index contributed by atoms with van der Waals surface area (Å²) in [5.74, 6) is -0.943. The van der Waals surface area contributed by atoms with E-state index in [1.807, 2.05) is 42.3 Å². The molecule has 2 N–H and O–H groups in total. The predicted octanol–water partition coefficient (Wildman–Crippen LogP) is 1.97. The molecule has 112 valence electrons. The molecule has 1 aromatic carbocycles. The maximum Gasteiger partial charge on any atom is 0.348 e. The highest BCUT2D eigenvalue weighted by Gasteiger charge is 2.18. The van der Waals surface area contributed by atoms with Gasteiger partial charge in [-0.1, -0.05) is 30.3 Å². The van der Waals surface area contributed by atoms with Crippen LogP contribution in [-0.4, -0.2) is 52.8 Å². The zero-order chi connectivity index (χ0) is 15.2. The van der Waals surface area contributed by atoms with Crippen LogP contribution < -0.4 is 0 Å². The molecular formula is C15H18N2O3S. The van der Waals surface area contributed by atoms with Crippen molar-refractivity contribution in [3.05, 3.63) is 40.2 Å². The van der Waals surface area contributed by atoms with Gasteiger partial charge in [-0.05, 0) is 7.05 Å².